The van der Waals surface area contributed by atoms with Crippen LogP contribution in [0.25, 0.3) is 5.69 Å². The van der Waals surface area contributed by atoms with Gasteiger partial charge in [-0.05, 0) is 24.6 Å². The van der Waals surface area contributed by atoms with Gasteiger partial charge in [0.1, 0.15) is 0 Å². The number of aromatic nitrogens is 2. The van der Waals surface area contributed by atoms with Gasteiger partial charge >= 0.3 is 5.97 Å². The highest BCUT2D eigenvalue weighted by atomic mass is 16.4. The molecule has 1 aromatic heterocycles. The molecule has 0 amide bonds. The lowest BCUT2D eigenvalue weighted by Crippen LogP contribution is -2.07. The van der Waals surface area contributed by atoms with Crippen molar-refractivity contribution in [3.63, 3.8) is 0 Å². The molecule has 0 atom stereocenters. The number of carboxylic acid groups (broad SMARTS) is 1. The average Bonchev–Trinajstić information content (AvgIpc) is 2.64. The largest absolute Gasteiger partial charge is 0.481 e. The van der Waals surface area contributed by atoms with Crippen LogP contribution < -0.4 is 0 Å². The minimum atomic E-state index is -0.836. The summed E-state index contributed by atoms with van der Waals surface area (Å²) < 4.78 is 1.75. The predicted molar refractivity (Wildman–Crippen MR) is 59.6 cm³/mol. The molecule has 4 heteroatoms. The van der Waals surface area contributed by atoms with Gasteiger partial charge < -0.3 is 5.11 Å². The van der Waals surface area contributed by atoms with Crippen molar-refractivity contribution in [1.82, 2.24) is 9.78 Å². The van der Waals surface area contributed by atoms with E-state index in [0.29, 0.717) is 0 Å². The van der Waals surface area contributed by atoms with Gasteiger partial charge in [0.25, 0.3) is 0 Å². The monoisotopic (exact) mass is 216 g/mol. The number of carboxylic acids is 1. The van der Waals surface area contributed by atoms with E-state index >= 15 is 0 Å². The lowest BCUT2D eigenvalue weighted by molar-refractivity contribution is -0.136. The third-order valence-corrected chi connectivity index (χ3v) is 2.39. The molecular weight excluding hydrogens is 204 g/mol. The Hall–Kier alpha value is -2.10. The second kappa shape index (κ2) is 4.18. The summed E-state index contributed by atoms with van der Waals surface area (Å²) in [4.78, 5) is 10.7. The fourth-order valence-corrected chi connectivity index (χ4v) is 1.65. The Labute approximate surface area is 93.1 Å². The Morgan fingerprint density at radius 2 is 2.12 bits per heavy atom. The summed E-state index contributed by atoms with van der Waals surface area (Å²) in [6.45, 7) is 1.94. The Bertz CT molecular complexity index is 517. The zero-order valence-electron chi connectivity index (χ0n) is 8.92. The van der Waals surface area contributed by atoms with Crippen LogP contribution in [-0.4, -0.2) is 20.9 Å². The molecule has 1 aromatic carbocycles. The molecule has 16 heavy (non-hydrogen) atoms. The van der Waals surface area contributed by atoms with E-state index in [4.69, 9.17) is 5.11 Å². The molecule has 2 aromatic rings. The van der Waals surface area contributed by atoms with E-state index in [9.17, 15) is 4.79 Å². The quantitative estimate of drug-likeness (QED) is 0.851. The number of nitrogens with zero attached hydrogens (tertiary/aromatic N) is 2. The van der Waals surface area contributed by atoms with E-state index in [-0.39, 0.29) is 6.42 Å². The van der Waals surface area contributed by atoms with Crippen molar-refractivity contribution < 1.29 is 9.90 Å². The van der Waals surface area contributed by atoms with Gasteiger partial charge in [-0.3, -0.25) is 4.79 Å². The number of benzene rings is 1. The van der Waals surface area contributed by atoms with Crippen LogP contribution in [-0.2, 0) is 11.2 Å². The highest BCUT2D eigenvalue weighted by molar-refractivity contribution is 5.71. The third kappa shape index (κ3) is 1.95. The molecule has 0 bridgehead atoms. The number of hydrogen-bond acceptors (Lipinski definition) is 2. The molecule has 4 nitrogen and oxygen atoms in total. The van der Waals surface area contributed by atoms with Crippen LogP contribution >= 0.6 is 0 Å². The first kappa shape index (κ1) is 10.4. The third-order valence-electron chi connectivity index (χ3n) is 2.39. The van der Waals surface area contributed by atoms with E-state index in [0.717, 1.165) is 16.9 Å². The van der Waals surface area contributed by atoms with Gasteiger partial charge in [0.2, 0.25) is 0 Å². The van der Waals surface area contributed by atoms with Crippen molar-refractivity contribution >= 4 is 5.97 Å². The fourth-order valence-electron chi connectivity index (χ4n) is 1.65. The molecule has 0 spiro atoms. The highest BCUT2D eigenvalue weighted by Gasteiger charge is 2.09. The van der Waals surface area contributed by atoms with Gasteiger partial charge in [0.15, 0.2) is 0 Å². The van der Waals surface area contributed by atoms with Gasteiger partial charge in [-0.15, -0.1) is 0 Å². The number of aryl methyl sites for hydroxylation is 1. The van der Waals surface area contributed by atoms with Crippen molar-refractivity contribution in [2.45, 2.75) is 13.3 Å². The molecule has 1 N–H and O–H groups in total. The minimum Gasteiger partial charge on any atom is -0.481 e. The number of carbonyl (C=O) groups is 1. The van der Waals surface area contributed by atoms with E-state index in [1.165, 1.54) is 0 Å². The second-order valence-corrected chi connectivity index (χ2v) is 3.58. The molecular formula is C12H12N2O2. The van der Waals surface area contributed by atoms with E-state index in [2.05, 4.69) is 5.10 Å². The first-order valence-corrected chi connectivity index (χ1v) is 4.99. The maximum atomic E-state index is 10.7. The van der Waals surface area contributed by atoms with Crippen LogP contribution in [0.5, 0.6) is 0 Å². The van der Waals surface area contributed by atoms with Crippen LogP contribution in [0.3, 0.4) is 0 Å². The first-order valence-electron chi connectivity index (χ1n) is 4.99. The van der Waals surface area contributed by atoms with Crippen molar-refractivity contribution in [1.29, 1.82) is 0 Å². The van der Waals surface area contributed by atoms with Crippen molar-refractivity contribution in [3.05, 3.63) is 47.8 Å². The summed E-state index contributed by atoms with van der Waals surface area (Å²) in [5.74, 6) is -0.836. The van der Waals surface area contributed by atoms with Crippen molar-refractivity contribution in [2.75, 3.05) is 0 Å². The lowest BCUT2D eigenvalue weighted by Gasteiger charge is -2.09. The highest BCUT2D eigenvalue weighted by Crippen LogP contribution is 2.16. The summed E-state index contributed by atoms with van der Waals surface area (Å²) in [6.07, 6.45) is 1.71. The first-order chi connectivity index (χ1) is 7.68. The zero-order chi connectivity index (χ0) is 11.5. The van der Waals surface area contributed by atoms with Crippen molar-refractivity contribution in [2.24, 2.45) is 0 Å². The molecule has 0 unspecified atom stereocenters. The minimum absolute atomic E-state index is 0.00940. The predicted octanol–water partition coefficient (Wildman–Crippen LogP) is 1.81. The summed E-state index contributed by atoms with van der Waals surface area (Å²) >= 11 is 0. The summed E-state index contributed by atoms with van der Waals surface area (Å²) in [6, 6.07) is 9.28. The maximum Gasteiger partial charge on any atom is 0.307 e. The van der Waals surface area contributed by atoms with E-state index in [1.54, 1.807) is 10.9 Å². The van der Waals surface area contributed by atoms with Gasteiger partial charge in [-0.25, -0.2) is 4.68 Å². The topological polar surface area (TPSA) is 55.1 Å². The smallest absolute Gasteiger partial charge is 0.307 e. The second-order valence-electron chi connectivity index (χ2n) is 3.58. The van der Waals surface area contributed by atoms with Crippen molar-refractivity contribution in [3.8, 4) is 5.69 Å². The molecule has 1 heterocycles. The lowest BCUT2D eigenvalue weighted by atomic mass is 10.1. The van der Waals surface area contributed by atoms with Crippen LogP contribution in [0.1, 0.15) is 11.3 Å². The summed E-state index contributed by atoms with van der Waals surface area (Å²) in [5.41, 5.74) is 2.58. The van der Waals surface area contributed by atoms with Gasteiger partial charge in [-0.2, -0.15) is 5.10 Å². The fraction of sp³-hybridized carbons (Fsp3) is 0.167. The van der Waals surface area contributed by atoms with E-state index in [1.807, 2.05) is 37.3 Å². The Morgan fingerprint density at radius 3 is 2.75 bits per heavy atom. The number of aliphatic carboxylic acids is 1. The average molecular weight is 216 g/mol. The van der Waals surface area contributed by atoms with Gasteiger partial charge in [-0.1, -0.05) is 18.2 Å². The SMILES string of the molecule is Cc1ccnn1-c1ccccc1CC(=O)O. The number of para-hydroxylation sites is 1. The van der Waals surface area contributed by atoms with Crippen LogP contribution in [0, 0.1) is 6.92 Å². The molecule has 0 saturated heterocycles. The van der Waals surface area contributed by atoms with Crippen LogP contribution in [0.15, 0.2) is 36.5 Å². The Balaban J connectivity index is 2.48. The summed E-state index contributed by atoms with van der Waals surface area (Å²) in [5, 5.41) is 13.0. The van der Waals surface area contributed by atoms with E-state index < -0.39 is 5.97 Å². The molecule has 0 aliphatic heterocycles. The molecule has 0 aliphatic carbocycles. The zero-order valence-corrected chi connectivity index (χ0v) is 8.92. The van der Waals surface area contributed by atoms with Gasteiger partial charge in [0, 0.05) is 11.9 Å². The molecule has 0 aliphatic rings. The summed E-state index contributed by atoms with van der Waals surface area (Å²) in [7, 11) is 0. The van der Waals surface area contributed by atoms with Crippen LogP contribution in [0.2, 0.25) is 0 Å². The van der Waals surface area contributed by atoms with Gasteiger partial charge in [0.05, 0.1) is 12.1 Å². The number of hydrogen-bond donors (Lipinski definition) is 1. The normalized spacial score (nSPS) is 10.3. The Kier molecular flexibility index (Phi) is 2.72. The molecule has 82 valence electrons. The van der Waals surface area contributed by atoms with Crippen LogP contribution in [0.4, 0.5) is 0 Å². The molecule has 0 radical (unpaired) electrons. The molecule has 2 rings (SSSR count). The Morgan fingerprint density at radius 1 is 1.38 bits per heavy atom. The maximum absolute atomic E-state index is 10.7. The molecule has 0 fully saturated rings. The standard InChI is InChI=1S/C12H12N2O2/c1-9-6-7-13-14(9)11-5-3-2-4-10(11)8-12(15)16/h2-7H,8H2,1H3,(H,15,16). The molecule has 0 saturated carbocycles. The number of rotatable bonds is 3.